The van der Waals surface area contributed by atoms with Gasteiger partial charge >= 0.3 is 0 Å². The summed E-state index contributed by atoms with van der Waals surface area (Å²) in [5.74, 6) is 0.761. The van der Waals surface area contributed by atoms with Crippen molar-refractivity contribution in [2.75, 3.05) is 24.7 Å². The first-order valence-corrected chi connectivity index (χ1v) is 11.2. The van der Waals surface area contributed by atoms with E-state index in [2.05, 4.69) is 30.4 Å². The van der Waals surface area contributed by atoms with E-state index < -0.39 is 0 Å². The van der Waals surface area contributed by atoms with Crippen LogP contribution in [0.25, 0.3) is 5.70 Å². The molecule has 168 valence electrons. The van der Waals surface area contributed by atoms with Gasteiger partial charge in [-0.2, -0.15) is 5.26 Å². The summed E-state index contributed by atoms with van der Waals surface area (Å²) in [4.78, 5) is 2.38. The number of quaternary nitrogens is 1. The van der Waals surface area contributed by atoms with E-state index in [1.165, 1.54) is 0 Å². The lowest BCUT2D eigenvalue weighted by atomic mass is 9.75. The number of nitriles is 1. The van der Waals surface area contributed by atoms with Gasteiger partial charge in [0.05, 0.1) is 23.5 Å². The normalized spacial score (nSPS) is 19.6. The number of nitrogens with two attached hydrogens (primary N) is 1. The van der Waals surface area contributed by atoms with Gasteiger partial charge in [0.15, 0.2) is 5.70 Å². The van der Waals surface area contributed by atoms with Gasteiger partial charge < -0.3 is 10.2 Å². The molecule has 2 heterocycles. The minimum Gasteiger partial charge on any atom is -0.508 e. The fourth-order valence-electron chi connectivity index (χ4n) is 4.44. The highest BCUT2D eigenvalue weighted by molar-refractivity contribution is 5.65. The molecule has 1 atom stereocenters. The van der Waals surface area contributed by atoms with Crippen LogP contribution in [0.2, 0.25) is 0 Å². The molecule has 0 radical (unpaired) electrons. The predicted molar refractivity (Wildman–Crippen MR) is 124 cm³/mol. The predicted octanol–water partition coefficient (Wildman–Crippen LogP) is 2.30. The van der Waals surface area contributed by atoms with E-state index in [-0.39, 0.29) is 12.0 Å². The van der Waals surface area contributed by atoms with Gasteiger partial charge in [0, 0.05) is 30.8 Å². The molecule has 7 nitrogen and oxygen atoms in total. The first-order chi connectivity index (χ1) is 15.4. The maximum absolute atomic E-state index is 10.7. The first-order valence-electron chi connectivity index (χ1n) is 11.2. The molecular formula is C25H32N5O2+. The number of nitrogens with one attached hydrogen (secondary N) is 1. The largest absolute Gasteiger partial charge is 0.508 e. The van der Waals surface area contributed by atoms with Crippen molar-refractivity contribution in [3.8, 4) is 11.8 Å². The minimum atomic E-state index is -0.0802. The molecule has 0 bridgehead atoms. The van der Waals surface area contributed by atoms with Gasteiger partial charge in [-0.15, -0.1) is 0 Å². The molecule has 0 aliphatic carbocycles. The lowest BCUT2D eigenvalue weighted by molar-refractivity contribution is -0.618. The standard InChI is InChI=1S/C25H31N5O2/c1-25(2,17-31)21-4-3-11-29(15-21)14-20-8-7-19(12-24(20)32)23-16-30(28-27-23)22-9-5-18(13-26)6-10-22/h5-10,12,16,21,27-28,31-32H,3-4,11,14-15,17H2,1-2H3/p+1/t21-/m0/s1. The topological polar surface area (TPSA) is 99.4 Å². The number of aliphatic hydroxyl groups excluding tert-OH is 1. The molecule has 0 spiro atoms. The maximum Gasteiger partial charge on any atom is 0.175 e. The summed E-state index contributed by atoms with van der Waals surface area (Å²) in [5.41, 5.74) is 9.42. The zero-order valence-electron chi connectivity index (χ0n) is 18.8. The highest BCUT2D eigenvalue weighted by atomic mass is 16.3. The van der Waals surface area contributed by atoms with Crippen LogP contribution in [0.3, 0.4) is 0 Å². The third kappa shape index (κ3) is 4.79. The Kier molecular flexibility index (Phi) is 6.49. The van der Waals surface area contributed by atoms with Crippen molar-refractivity contribution in [3.05, 3.63) is 65.4 Å². The third-order valence-electron chi connectivity index (χ3n) is 6.73. The number of anilines is 1. The average Bonchev–Trinajstić information content (AvgIpc) is 3.31. The van der Waals surface area contributed by atoms with Crippen LogP contribution < -0.4 is 16.0 Å². The molecular weight excluding hydrogens is 402 g/mol. The number of aliphatic hydroxyl groups is 1. The summed E-state index contributed by atoms with van der Waals surface area (Å²) < 4.78 is 0. The maximum atomic E-state index is 10.7. The zero-order chi connectivity index (χ0) is 22.7. The Hall–Kier alpha value is -2.89. The van der Waals surface area contributed by atoms with Gasteiger partial charge in [-0.05, 0) is 67.1 Å². The number of phenols is 1. The monoisotopic (exact) mass is 434 g/mol. The third-order valence-corrected chi connectivity index (χ3v) is 6.73. The van der Waals surface area contributed by atoms with E-state index in [9.17, 15) is 10.2 Å². The van der Waals surface area contributed by atoms with Crippen LogP contribution in [0, 0.1) is 22.7 Å². The van der Waals surface area contributed by atoms with Gasteiger partial charge in [-0.25, -0.2) is 10.4 Å². The zero-order valence-corrected chi connectivity index (χ0v) is 18.8. The fraction of sp³-hybridized carbons (Fsp3) is 0.400. The minimum absolute atomic E-state index is 0.0802. The van der Waals surface area contributed by atoms with Crippen LogP contribution in [0.15, 0.2) is 48.7 Å². The summed E-state index contributed by atoms with van der Waals surface area (Å²) in [7, 11) is 0. The van der Waals surface area contributed by atoms with Crippen molar-refractivity contribution in [1.82, 2.24) is 10.4 Å². The van der Waals surface area contributed by atoms with E-state index in [0.717, 1.165) is 48.4 Å². The Labute approximate surface area is 189 Å². The number of hydrogen-bond acceptors (Lipinski definition) is 6. The Morgan fingerprint density at radius 3 is 2.69 bits per heavy atom. The lowest BCUT2D eigenvalue weighted by Gasteiger charge is -2.40. The molecule has 1 fully saturated rings. The molecule has 0 saturated carbocycles. The van der Waals surface area contributed by atoms with E-state index >= 15 is 0 Å². The number of hydrogen-bond donors (Lipinski definition) is 4. The molecule has 2 aromatic carbocycles. The smallest absolute Gasteiger partial charge is 0.175 e. The number of piperidine rings is 1. The summed E-state index contributed by atoms with van der Waals surface area (Å²) in [6.45, 7) is 7.13. The molecule has 4 rings (SSSR count). The summed E-state index contributed by atoms with van der Waals surface area (Å²) in [5, 5.41) is 31.3. The Morgan fingerprint density at radius 1 is 1.22 bits per heavy atom. The first kappa shape index (κ1) is 22.3. The van der Waals surface area contributed by atoms with Crippen molar-refractivity contribution in [2.24, 2.45) is 11.3 Å². The Bertz CT molecular complexity index is 1030. The Balaban J connectivity index is 1.44. The number of nitrogens with zero attached hydrogens (tertiary/aromatic N) is 3. The fourth-order valence-corrected chi connectivity index (χ4v) is 4.44. The highest BCUT2D eigenvalue weighted by Crippen LogP contribution is 2.34. The van der Waals surface area contributed by atoms with E-state index in [1.54, 1.807) is 12.1 Å². The van der Waals surface area contributed by atoms with E-state index in [0.29, 0.717) is 23.8 Å². The van der Waals surface area contributed by atoms with Crippen molar-refractivity contribution in [1.29, 1.82) is 5.26 Å². The molecule has 5 N–H and O–H groups in total. The molecule has 1 saturated heterocycles. The molecule has 2 aromatic rings. The van der Waals surface area contributed by atoms with Gasteiger partial charge in [0.2, 0.25) is 0 Å². The number of benzene rings is 2. The second kappa shape index (κ2) is 9.31. The van der Waals surface area contributed by atoms with Gasteiger partial charge in [-0.3, -0.25) is 4.90 Å². The quantitative estimate of drug-likeness (QED) is 0.521. The van der Waals surface area contributed by atoms with Crippen LogP contribution >= 0.6 is 0 Å². The summed E-state index contributed by atoms with van der Waals surface area (Å²) in [6, 6.07) is 15.4. The second-order valence-corrected chi connectivity index (χ2v) is 9.45. The van der Waals surface area contributed by atoms with Crippen molar-refractivity contribution >= 4 is 11.4 Å². The van der Waals surface area contributed by atoms with E-state index in [4.69, 9.17) is 5.26 Å². The van der Waals surface area contributed by atoms with E-state index in [1.807, 2.05) is 47.0 Å². The lowest BCUT2D eigenvalue weighted by Crippen LogP contribution is -2.90. The van der Waals surface area contributed by atoms with Crippen LogP contribution in [0.5, 0.6) is 5.75 Å². The summed E-state index contributed by atoms with van der Waals surface area (Å²) >= 11 is 0. The summed E-state index contributed by atoms with van der Waals surface area (Å²) in [6.07, 6.45) is 4.23. The van der Waals surface area contributed by atoms with Gasteiger partial charge in [-0.1, -0.05) is 25.4 Å². The molecule has 0 aromatic heterocycles. The van der Waals surface area contributed by atoms with Crippen LogP contribution in [-0.2, 0) is 6.54 Å². The van der Waals surface area contributed by atoms with Crippen molar-refractivity contribution < 1.29 is 15.6 Å². The SMILES string of the molecule is CC(C)(CO)[C@H]1CCCN(Cc2ccc(C3=CN(c4ccc(C#N)cc4)N[NH2+]3)cc2O)C1. The number of aromatic hydroxyl groups is 1. The molecule has 2 aliphatic rings. The molecule has 7 heteroatoms. The Morgan fingerprint density at radius 2 is 2.00 bits per heavy atom. The highest BCUT2D eigenvalue weighted by Gasteiger charge is 2.32. The molecule has 0 unspecified atom stereocenters. The molecule has 2 aliphatic heterocycles. The van der Waals surface area contributed by atoms with Crippen LogP contribution in [-0.4, -0.2) is 34.8 Å². The average molecular weight is 435 g/mol. The molecule has 0 amide bonds. The van der Waals surface area contributed by atoms with Crippen LogP contribution in [0.1, 0.15) is 43.4 Å². The van der Waals surface area contributed by atoms with Crippen LogP contribution in [0.4, 0.5) is 5.69 Å². The molecule has 32 heavy (non-hydrogen) atoms. The number of phenolic OH excluding ortho intramolecular Hbond substituents is 1. The van der Waals surface area contributed by atoms with Gasteiger partial charge in [0.1, 0.15) is 5.75 Å². The number of likely N-dealkylation sites (tertiary alicyclic amines) is 1. The number of rotatable bonds is 6. The second-order valence-electron chi connectivity index (χ2n) is 9.45. The van der Waals surface area contributed by atoms with Crippen molar-refractivity contribution in [3.63, 3.8) is 0 Å². The van der Waals surface area contributed by atoms with Crippen molar-refractivity contribution in [2.45, 2.75) is 33.2 Å². The van der Waals surface area contributed by atoms with Gasteiger partial charge in [0.25, 0.3) is 0 Å². The number of hydrazine groups is 1.